The highest BCUT2D eigenvalue weighted by Gasteiger charge is 2.35. The number of nitrogens with zero attached hydrogens (tertiary/aromatic N) is 2. The van der Waals surface area contributed by atoms with E-state index in [1.807, 2.05) is 10.6 Å². The van der Waals surface area contributed by atoms with E-state index in [1.165, 1.54) is 12.1 Å². The molecule has 2 aliphatic rings. The zero-order valence-corrected chi connectivity index (χ0v) is 14.6. The number of rotatable bonds is 2. The van der Waals surface area contributed by atoms with E-state index in [0.29, 0.717) is 18.4 Å². The Morgan fingerprint density at radius 1 is 1.16 bits per heavy atom. The molecule has 4 nitrogen and oxygen atoms in total. The van der Waals surface area contributed by atoms with Crippen molar-refractivity contribution < 1.29 is 4.39 Å². The Labute approximate surface area is 151 Å². The molecule has 2 atom stereocenters. The largest absolute Gasteiger partial charge is 0.358 e. The molecule has 0 saturated carbocycles. The summed E-state index contributed by atoms with van der Waals surface area (Å²) in [5.41, 5.74) is 2.21. The second-order valence-electron chi connectivity index (χ2n) is 6.89. The number of hydrogen-bond acceptors (Lipinski definition) is 2. The number of nitrogens with one attached hydrogen (secondary N) is 1. The lowest BCUT2D eigenvalue weighted by Crippen LogP contribution is -2.51. The Kier molecular flexibility index (Phi) is 4.29. The molecule has 130 valence electrons. The average molecular weight is 357 g/mol. The van der Waals surface area contributed by atoms with Gasteiger partial charge in [-0.15, -0.1) is 0 Å². The van der Waals surface area contributed by atoms with Crippen LogP contribution in [0.4, 0.5) is 4.39 Å². The number of likely N-dealkylation sites (tertiary alicyclic amines) is 1. The lowest BCUT2D eigenvalue weighted by Gasteiger charge is -2.43. The molecule has 1 saturated heterocycles. The van der Waals surface area contributed by atoms with Crippen LogP contribution in [0, 0.1) is 11.7 Å². The monoisotopic (exact) mass is 357 g/mol. The van der Waals surface area contributed by atoms with E-state index in [-0.39, 0.29) is 11.4 Å². The maximum atomic E-state index is 13.0. The van der Waals surface area contributed by atoms with Gasteiger partial charge in [0, 0.05) is 43.9 Å². The van der Waals surface area contributed by atoms with Crippen molar-refractivity contribution in [3.63, 3.8) is 0 Å². The third-order valence-electron chi connectivity index (χ3n) is 5.12. The molecule has 3 heterocycles. The lowest BCUT2D eigenvalue weighted by molar-refractivity contribution is 0.177. The van der Waals surface area contributed by atoms with E-state index < -0.39 is 0 Å². The normalized spacial score (nSPS) is 21.6. The predicted octanol–water partition coefficient (Wildman–Crippen LogP) is 2.48. The van der Waals surface area contributed by atoms with Gasteiger partial charge < -0.3 is 14.8 Å². The minimum Gasteiger partial charge on any atom is -0.358 e. The third-order valence-corrected chi connectivity index (χ3v) is 5.53. The Hall–Kier alpha value is -2.21. The Morgan fingerprint density at radius 2 is 1.96 bits per heavy atom. The number of fused-ring (bicyclic) bond motifs is 4. The first kappa shape index (κ1) is 16.3. The van der Waals surface area contributed by atoms with Crippen molar-refractivity contribution in [2.75, 3.05) is 13.1 Å². The molecule has 1 aromatic heterocycles. The summed E-state index contributed by atoms with van der Waals surface area (Å²) >= 11 is 5.57. The van der Waals surface area contributed by atoms with Crippen LogP contribution in [0.2, 0.25) is 0 Å². The summed E-state index contributed by atoms with van der Waals surface area (Å²) in [5.74, 6) is 0.549. The molecule has 0 radical (unpaired) electrons. The van der Waals surface area contributed by atoms with Crippen LogP contribution in [0.15, 0.2) is 47.3 Å². The van der Waals surface area contributed by atoms with E-state index >= 15 is 0 Å². The molecule has 0 unspecified atom stereocenters. The summed E-state index contributed by atoms with van der Waals surface area (Å²) in [6.45, 7) is 3.05. The van der Waals surface area contributed by atoms with Gasteiger partial charge in [-0.2, -0.15) is 0 Å². The van der Waals surface area contributed by atoms with Gasteiger partial charge in [0.1, 0.15) is 5.82 Å². The van der Waals surface area contributed by atoms with Crippen LogP contribution in [0.1, 0.15) is 23.6 Å². The van der Waals surface area contributed by atoms with E-state index in [4.69, 9.17) is 12.2 Å². The van der Waals surface area contributed by atoms with Gasteiger partial charge in [0.25, 0.3) is 5.56 Å². The number of halogens is 1. The van der Waals surface area contributed by atoms with Gasteiger partial charge in [0.05, 0.1) is 0 Å². The summed E-state index contributed by atoms with van der Waals surface area (Å²) in [7, 11) is 0. The van der Waals surface area contributed by atoms with Crippen LogP contribution in [-0.2, 0) is 13.1 Å². The fourth-order valence-electron chi connectivity index (χ4n) is 3.95. The summed E-state index contributed by atoms with van der Waals surface area (Å²) in [6.07, 6.45) is 1.11. The van der Waals surface area contributed by atoms with E-state index in [2.05, 4.69) is 16.3 Å². The summed E-state index contributed by atoms with van der Waals surface area (Å²) in [4.78, 5) is 14.3. The molecule has 2 aromatic rings. The van der Waals surface area contributed by atoms with E-state index in [1.54, 1.807) is 18.2 Å². The van der Waals surface area contributed by atoms with Crippen molar-refractivity contribution in [3.05, 3.63) is 69.9 Å². The predicted molar refractivity (Wildman–Crippen MR) is 99.0 cm³/mol. The van der Waals surface area contributed by atoms with Gasteiger partial charge in [0.2, 0.25) is 0 Å². The highest BCUT2D eigenvalue weighted by Crippen LogP contribution is 2.34. The molecule has 25 heavy (non-hydrogen) atoms. The Morgan fingerprint density at radius 3 is 2.76 bits per heavy atom. The first-order chi connectivity index (χ1) is 12.1. The maximum absolute atomic E-state index is 13.0. The van der Waals surface area contributed by atoms with E-state index in [9.17, 15) is 9.18 Å². The number of pyridine rings is 1. The van der Waals surface area contributed by atoms with Crippen LogP contribution in [-0.4, -0.2) is 27.7 Å². The summed E-state index contributed by atoms with van der Waals surface area (Å²) in [5, 5.41) is 4.01. The molecule has 0 aliphatic carbocycles. The van der Waals surface area contributed by atoms with Crippen LogP contribution >= 0.6 is 12.2 Å². The number of thiocarbonyl (C=S) groups is 1. The molecule has 0 amide bonds. The van der Waals surface area contributed by atoms with Gasteiger partial charge >= 0.3 is 0 Å². The van der Waals surface area contributed by atoms with Crippen molar-refractivity contribution in [1.82, 2.24) is 14.8 Å². The minimum atomic E-state index is -0.232. The molecule has 2 bridgehead atoms. The highest BCUT2D eigenvalue weighted by molar-refractivity contribution is 7.80. The van der Waals surface area contributed by atoms with Gasteiger partial charge in [-0.1, -0.05) is 18.2 Å². The Bertz CT molecular complexity index is 848. The quantitative estimate of drug-likeness (QED) is 0.838. The second kappa shape index (κ2) is 6.59. The average Bonchev–Trinajstić information content (AvgIpc) is 2.62. The fourth-order valence-corrected chi connectivity index (χ4v) is 4.18. The van der Waals surface area contributed by atoms with Crippen LogP contribution < -0.4 is 10.9 Å². The van der Waals surface area contributed by atoms with Gasteiger partial charge in [-0.3, -0.25) is 4.79 Å². The molecule has 1 N–H and O–H groups in total. The third kappa shape index (κ3) is 3.31. The van der Waals surface area contributed by atoms with Crippen molar-refractivity contribution in [1.29, 1.82) is 0 Å². The minimum absolute atomic E-state index is 0.0951. The zero-order chi connectivity index (χ0) is 17.4. The van der Waals surface area contributed by atoms with Crippen molar-refractivity contribution >= 4 is 17.3 Å². The lowest BCUT2D eigenvalue weighted by atomic mass is 9.83. The molecule has 2 aliphatic heterocycles. The standard InChI is InChI=1S/C19H20FN3OS/c20-16-6-4-13(5-7-16)9-21-19(25)22-10-14-8-15(12-22)17-2-1-3-18(24)23(17)11-14/h1-7,14-15H,8-12H2,(H,21,25)/t14-,15+/m0/s1. The molecular formula is C19H20FN3OS. The number of aromatic nitrogens is 1. The summed E-state index contributed by atoms with van der Waals surface area (Å²) in [6, 6.07) is 12.0. The number of benzene rings is 1. The zero-order valence-electron chi connectivity index (χ0n) is 13.8. The molecule has 4 rings (SSSR count). The number of piperidine rings is 1. The topological polar surface area (TPSA) is 37.3 Å². The molecule has 6 heteroatoms. The van der Waals surface area contributed by atoms with Crippen LogP contribution in [0.25, 0.3) is 0 Å². The molecule has 1 aromatic carbocycles. The van der Waals surface area contributed by atoms with Gasteiger partial charge in [-0.05, 0) is 48.3 Å². The fraction of sp³-hybridized carbons (Fsp3) is 0.368. The maximum Gasteiger partial charge on any atom is 0.250 e. The first-order valence-corrected chi connectivity index (χ1v) is 8.98. The summed E-state index contributed by atoms with van der Waals surface area (Å²) < 4.78 is 14.9. The molecular weight excluding hydrogens is 337 g/mol. The molecule has 0 spiro atoms. The van der Waals surface area contributed by atoms with Gasteiger partial charge in [0.15, 0.2) is 5.11 Å². The van der Waals surface area contributed by atoms with Gasteiger partial charge in [-0.25, -0.2) is 4.39 Å². The van der Waals surface area contributed by atoms with Crippen molar-refractivity contribution in [2.45, 2.75) is 25.4 Å². The van der Waals surface area contributed by atoms with Crippen LogP contribution in [0.3, 0.4) is 0 Å². The smallest absolute Gasteiger partial charge is 0.250 e. The SMILES string of the molecule is O=c1cccc2n1C[C@H]1C[C@@H]2CN(C(=S)NCc2ccc(F)cc2)C1. The van der Waals surface area contributed by atoms with E-state index in [0.717, 1.165) is 42.4 Å². The highest BCUT2D eigenvalue weighted by atomic mass is 32.1. The van der Waals surface area contributed by atoms with Crippen molar-refractivity contribution in [3.8, 4) is 0 Å². The first-order valence-electron chi connectivity index (χ1n) is 8.57. The van der Waals surface area contributed by atoms with Crippen LogP contribution in [0.5, 0.6) is 0 Å². The van der Waals surface area contributed by atoms with Crippen molar-refractivity contribution in [2.24, 2.45) is 5.92 Å². The Balaban J connectivity index is 1.44. The second-order valence-corrected chi connectivity index (χ2v) is 7.27. The number of hydrogen-bond donors (Lipinski definition) is 1. The molecule has 1 fully saturated rings.